The van der Waals surface area contributed by atoms with Gasteiger partial charge in [0.1, 0.15) is 0 Å². The van der Waals surface area contributed by atoms with Crippen LogP contribution in [0.4, 0.5) is 0 Å². The maximum atomic E-state index is 11.5. The maximum Gasteiger partial charge on any atom is 0.312 e. The molecule has 1 unspecified atom stereocenters. The number of hydrogen-bond acceptors (Lipinski definition) is 3. The Labute approximate surface area is 119 Å². The number of carboxylic acid groups (broad SMARTS) is 1. The van der Waals surface area contributed by atoms with Crippen LogP contribution in [0.1, 0.15) is 24.3 Å². The molecule has 0 aromatic heterocycles. The van der Waals surface area contributed by atoms with E-state index in [1.807, 2.05) is 30.3 Å². The number of benzene rings is 1. The first-order valence-electron chi connectivity index (χ1n) is 7.26. The Kier molecular flexibility index (Phi) is 3.76. The van der Waals surface area contributed by atoms with Crippen molar-refractivity contribution in [1.29, 1.82) is 0 Å². The summed E-state index contributed by atoms with van der Waals surface area (Å²) in [5.74, 6) is -1.16. The van der Waals surface area contributed by atoms with Gasteiger partial charge in [0.25, 0.3) is 0 Å². The summed E-state index contributed by atoms with van der Waals surface area (Å²) >= 11 is 0. The quantitative estimate of drug-likeness (QED) is 0.912. The van der Waals surface area contributed by atoms with Crippen LogP contribution in [0.5, 0.6) is 0 Å². The molecule has 2 aliphatic heterocycles. The molecule has 1 aromatic rings. The normalized spacial score (nSPS) is 23.2. The Balaban J connectivity index is 1.60. The molecule has 1 aromatic carbocycles. The minimum Gasteiger partial charge on any atom is -0.481 e. The molecule has 1 atom stereocenters. The Hall–Kier alpha value is -1.39. The van der Waals surface area contributed by atoms with Crippen molar-refractivity contribution in [3.8, 4) is 0 Å². The van der Waals surface area contributed by atoms with E-state index in [-0.39, 0.29) is 0 Å². The van der Waals surface area contributed by atoms with Crippen LogP contribution in [0.3, 0.4) is 0 Å². The molecule has 0 aliphatic carbocycles. The molecule has 20 heavy (non-hydrogen) atoms. The molecule has 108 valence electrons. The molecule has 3 rings (SSSR count). The summed E-state index contributed by atoms with van der Waals surface area (Å²) in [5.41, 5.74) is 1.30. The number of nitrogens with zero attached hydrogens (tertiary/aromatic N) is 1. The van der Waals surface area contributed by atoms with E-state index in [0.717, 1.165) is 44.7 Å². The van der Waals surface area contributed by atoms with Gasteiger partial charge in [0, 0.05) is 38.3 Å². The number of rotatable bonds is 4. The van der Waals surface area contributed by atoms with Gasteiger partial charge in [-0.3, -0.25) is 4.79 Å². The molecule has 2 fully saturated rings. The van der Waals surface area contributed by atoms with E-state index in [2.05, 4.69) is 4.90 Å². The smallest absolute Gasteiger partial charge is 0.312 e. The number of carboxylic acids is 1. The summed E-state index contributed by atoms with van der Waals surface area (Å²) in [4.78, 5) is 13.8. The number of aliphatic carboxylic acids is 1. The van der Waals surface area contributed by atoms with Gasteiger partial charge in [-0.2, -0.15) is 0 Å². The zero-order chi connectivity index (χ0) is 14.0. The summed E-state index contributed by atoms with van der Waals surface area (Å²) in [6, 6.07) is 9.54. The van der Waals surface area contributed by atoms with E-state index in [1.54, 1.807) is 0 Å². The molecular weight excluding hydrogens is 254 g/mol. The van der Waals surface area contributed by atoms with E-state index in [1.165, 1.54) is 0 Å². The van der Waals surface area contributed by atoms with Gasteiger partial charge in [0.2, 0.25) is 0 Å². The largest absolute Gasteiger partial charge is 0.481 e. The lowest BCUT2D eigenvalue weighted by Crippen LogP contribution is -2.59. The molecule has 2 aliphatic rings. The molecule has 1 N–H and O–H groups in total. The number of hydrogen-bond donors (Lipinski definition) is 1. The molecule has 2 heterocycles. The van der Waals surface area contributed by atoms with Crippen molar-refractivity contribution in [3.63, 3.8) is 0 Å². The third-order valence-electron chi connectivity index (χ3n) is 4.61. The predicted molar refractivity (Wildman–Crippen MR) is 75.7 cm³/mol. The highest BCUT2D eigenvalue weighted by atomic mass is 16.5. The topological polar surface area (TPSA) is 49.8 Å². The fourth-order valence-electron chi connectivity index (χ4n) is 3.42. The SMILES string of the molecule is O=C(O)C(CN1CC2(CCOCC2)C1)c1ccccc1. The average Bonchev–Trinajstić information content (AvgIpc) is 2.44. The van der Waals surface area contributed by atoms with Crippen LogP contribution in [0.2, 0.25) is 0 Å². The van der Waals surface area contributed by atoms with Crippen molar-refractivity contribution < 1.29 is 14.6 Å². The first-order chi connectivity index (χ1) is 9.69. The second-order valence-corrected chi connectivity index (χ2v) is 6.08. The van der Waals surface area contributed by atoms with Crippen LogP contribution < -0.4 is 0 Å². The van der Waals surface area contributed by atoms with Crippen molar-refractivity contribution in [2.75, 3.05) is 32.8 Å². The highest BCUT2D eigenvalue weighted by Crippen LogP contribution is 2.40. The van der Waals surface area contributed by atoms with Crippen molar-refractivity contribution >= 4 is 5.97 Å². The summed E-state index contributed by atoms with van der Waals surface area (Å²) in [6.07, 6.45) is 2.24. The fourth-order valence-corrected chi connectivity index (χ4v) is 3.42. The monoisotopic (exact) mass is 275 g/mol. The zero-order valence-electron chi connectivity index (χ0n) is 11.6. The van der Waals surface area contributed by atoms with Gasteiger partial charge in [-0.15, -0.1) is 0 Å². The third-order valence-corrected chi connectivity index (χ3v) is 4.61. The fraction of sp³-hybridized carbons (Fsp3) is 0.562. The standard InChI is InChI=1S/C16H21NO3/c18-15(19)14(13-4-2-1-3-5-13)10-17-11-16(12-17)6-8-20-9-7-16/h1-5,14H,6-12H2,(H,18,19). The Bertz CT molecular complexity index is 460. The van der Waals surface area contributed by atoms with Crippen LogP contribution in [-0.2, 0) is 9.53 Å². The lowest BCUT2D eigenvalue weighted by molar-refractivity contribution is -0.141. The van der Waals surface area contributed by atoms with Gasteiger partial charge >= 0.3 is 5.97 Å². The van der Waals surface area contributed by atoms with E-state index in [4.69, 9.17) is 4.74 Å². The molecule has 0 bridgehead atoms. The van der Waals surface area contributed by atoms with Crippen LogP contribution in [0.25, 0.3) is 0 Å². The number of carbonyl (C=O) groups is 1. The molecule has 0 radical (unpaired) electrons. The van der Waals surface area contributed by atoms with E-state index >= 15 is 0 Å². The summed E-state index contributed by atoms with van der Waals surface area (Å²) in [7, 11) is 0. The van der Waals surface area contributed by atoms with Gasteiger partial charge in [0.15, 0.2) is 0 Å². The zero-order valence-corrected chi connectivity index (χ0v) is 11.6. The van der Waals surface area contributed by atoms with E-state index in [0.29, 0.717) is 12.0 Å². The highest BCUT2D eigenvalue weighted by molar-refractivity contribution is 5.76. The molecule has 0 amide bonds. The van der Waals surface area contributed by atoms with Crippen LogP contribution in [0, 0.1) is 5.41 Å². The van der Waals surface area contributed by atoms with E-state index < -0.39 is 11.9 Å². The van der Waals surface area contributed by atoms with Gasteiger partial charge in [-0.1, -0.05) is 30.3 Å². The third kappa shape index (κ3) is 2.72. The number of ether oxygens (including phenoxy) is 1. The molecular formula is C16H21NO3. The maximum absolute atomic E-state index is 11.5. The minimum atomic E-state index is -0.732. The van der Waals surface area contributed by atoms with Crippen LogP contribution in [0.15, 0.2) is 30.3 Å². The van der Waals surface area contributed by atoms with Crippen molar-refractivity contribution in [3.05, 3.63) is 35.9 Å². The Morgan fingerprint density at radius 3 is 2.50 bits per heavy atom. The Morgan fingerprint density at radius 2 is 1.90 bits per heavy atom. The molecule has 1 spiro atoms. The van der Waals surface area contributed by atoms with Crippen LogP contribution in [-0.4, -0.2) is 48.8 Å². The summed E-state index contributed by atoms with van der Waals surface area (Å²) in [5, 5.41) is 9.45. The lowest BCUT2D eigenvalue weighted by Gasteiger charge is -2.52. The van der Waals surface area contributed by atoms with Crippen molar-refractivity contribution in [2.24, 2.45) is 5.41 Å². The van der Waals surface area contributed by atoms with E-state index in [9.17, 15) is 9.90 Å². The van der Waals surface area contributed by atoms with Crippen LogP contribution >= 0.6 is 0 Å². The highest BCUT2D eigenvalue weighted by Gasteiger charge is 2.44. The summed E-state index contributed by atoms with van der Waals surface area (Å²) < 4.78 is 5.41. The molecule has 4 nitrogen and oxygen atoms in total. The van der Waals surface area contributed by atoms with Gasteiger partial charge in [0.05, 0.1) is 5.92 Å². The van der Waals surface area contributed by atoms with Gasteiger partial charge in [-0.25, -0.2) is 0 Å². The Morgan fingerprint density at radius 1 is 1.25 bits per heavy atom. The first kappa shape index (κ1) is 13.6. The second-order valence-electron chi connectivity index (χ2n) is 6.08. The lowest BCUT2D eigenvalue weighted by atomic mass is 9.73. The number of likely N-dealkylation sites (tertiary alicyclic amines) is 1. The molecule has 0 saturated carbocycles. The van der Waals surface area contributed by atoms with Gasteiger partial charge < -0.3 is 14.7 Å². The van der Waals surface area contributed by atoms with Crippen molar-refractivity contribution in [2.45, 2.75) is 18.8 Å². The first-order valence-corrected chi connectivity index (χ1v) is 7.26. The van der Waals surface area contributed by atoms with Gasteiger partial charge in [-0.05, 0) is 18.4 Å². The molecule has 2 saturated heterocycles. The predicted octanol–water partition coefficient (Wildman–Crippen LogP) is 1.97. The minimum absolute atomic E-state index is 0.401. The average molecular weight is 275 g/mol. The van der Waals surface area contributed by atoms with Crippen molar-refractivity contribution in [1.82, 2.24) is 4.90 Å². The molecule has 4 heteroatoms. The second kappa shape index (κ2) is 5.54. The summed E-state index contributed by atoms with van der Waals surface area (Å²) in [6.45, 7) is 4.37.